The largest absolute Gasteiger partial charge is 0.501 e. The van der Waals surface area contributed by atoms with E-state index >= 15 is 0 Å². The zero-order valence-electron chi connectivity index (χ0n) is 11.7. The molecule has 1 aromatic rings. The first kappa shape index (κ1) is 15.2. The minimum Gasteiger partial charge on any atom is -0.491 e. The fourth-order valence-electron chi connectivity index (χ4n) is 1.92. The van der Waals surface area contributed by atoms with E-state index in [1.807, 2.05) is 13.8 Å². The molecule has 0 N–H and O–H groups in total. The molecule has 0 unspecified atom stereocenters. The van der Waals surface area contributed by atoms with Gasteiger partial charge in [0.2, 0.25) is 0 Å². The van der Waals surface area contributed by atoms with Gasteiger partial charge >= 0.3 is 7.12 Å². The van der Waals surface area contributed by atoms with E-state index in [0.717, 1.165) is 12.1 Å². The van der Waals surface area contributed by atoms with Gasteiger partial charge in [-0.3, -0.25) is 0 Å². The van der Waals surface area contributed by atoms with Crippen LogP contribution in [0.4, 0.5) is 8.78 Å². The Bertz CT molecular complexity index is 482. The normalized spacial score (nSPS) is 17.6. The van der Waals surface area contributed by atoms with Crippen molar-refractivity contribution in [3.8, 4) is 5.75 Å². The third kappa shape index (κ3) is 3.47. The zero-order valence-corrected chi connectivity index (χ0v) is 11.7. The maximum atomic E-state index is 14.0. The first-order valence-corrected chi connectivity index (χ1v) is 6.33. The maximum Gasteiger partial charge on any atom is 0.501 e. The fraction of sp³-hybridized carbons (Fsp3) is 0.538. The van der Waals surface area contributed by atoms with Crippen molar-refractivity contribution in [1.82, 2.24) is 0 Å². The molecule has 2 rings (SSSR count). The Morgan fingerprint density at radius 1 is 1.30 bits per heavy atom. The number of hydrogen-bond donors (Lipinski definition) is 0. The average molecular weight is 286 g/mol. The molecule has 0 amide bonds. The quantitative estimate of drug-likeness (QED) is 0.607. The minimum absolute atomic E-state index is 0.0715. The van der Waals surface area contributed by atoms with Gasteiger partial charge in [0, 0.05) is 19.2 Å². The van der Waals surface area contributed by atoms with E-state index in [2.05, 4.69) is 0 Å². The van der Waals surface area contributed by atoms with Crippen LogP contribution in [0.1, 0.15) is 13.8 Å². The second kappa shape index (κ2) is 6.07. The highest BCUT2D eigenvalue weighted by molar-refractivity contribution is 6.63. The predicted molar refractivity (Wildman–Crippen MR) is 70.2 cm³/mol. The molecule has 1 aliphatic heterocycles. The highest BCUT2D eigenvalue weighted by atomic mass is 19.1. The molecule has 1 heterocycles. The molecule has 0 aliphatic carbocycles. The van der Waals surface area contributed by atoms with Crippen LogP contribution in [0.2, 0.25) is 0 Å². The SMILES string of the molecule is COCCOc1cc(F)cc(F)c1B1OCC(C)(C)O1. The molecule has 1 fully saturated rings. The third-order valence-corrected chi connectivity index (χ3v) is 2.85. The number of halogens is 2. The van der Waals surface area contributed by atoms with Crippen molar-refractivity contribution in [2.75, 3.05) is 26.9 Å². The van der Waals surface area contributed by atoms with Crippen molar-refractivity contribution < 1.29 is 27.6 Å². The molecule has 0 saturated carbocycles. The van der Waals surface area contributed by atoms with Gasteiger partial charge in [0.25, 0.3) is 0 Å². The Labute approximate surface area is 117 Å². The first-order valence-electron chi connectivity index (χ1n) is 6.33. The second-order valence-corrected chi connectivity index (χ2v) is 5.16. The number of hydrogen-bond acceptors (Lipinski definition) is 4. The van der Waals surface area contributed by atoms with Crippen LogP contribution in [0.5, 0.6) is 5.75 Å². The van der Waals surface area contributed by atoms with Crippen LogP contribution in [0.25, 0.3) is 0 Å². The third-order valence-electron chi connectivity index (χ3n) is 2.85. The highest BCUT2D eigenvalue weighted by Gasteiger charge is 2.41. The fourth-order valence-corrected chi connectivity index (χ4v) is 1.92. The van der Waals surface area contributed by atoms with Gasteiger partial charge in [0.15, 0.2) is 0 Å². The molecule has 1 aliphatic rings. The molecule has 110 valence electrons. The Balaban J connectivity index is 2.26. The summed E-state index contributed by atoms with van der Waals surface area (Å²) in [6.45, 7) is 4.49. The number of methoxy groups -OCH3 is 1. The van der Waals surface area contributed by atoms with E-state index in [1.54, 1.807) is 0 Å². The molecule has 1 saturated heterocycles. The lowest BCUT2D eigenvalue weighted by molar-refractivity contribution is 0.136. The van der Waals surface area contributed by atoms with Crippen LogP contribution < -0.4 is 10.2 Å². The van der Waals surface area contributed by atoms with Crippen molar-refractivity contribution in [3.63, 3.8) is 0 Å². The summed E-state index contributed by atoms with van der Waals surface area (Å²) in [7, 11) is 0.616. The van der Waals surface area contributed by atoms with Crippen LogP contribution in [0.3, 0.4) is 0 Å². The predicted octanol–water partition coefficient (Wildman–Crippen LogP) is 1.51. The molecule has 0 aromatic heterocycles. The number of benzene rings is 1. The van der Waals surface area contributed by atoms with Crippen molar-refractivity contribution in [2.45, 2.75) is 19.4 Å². The maximum absolute atomic E-state index is 14.0. The lowest BCUT2D eigenvalue weighted by Gasteiger charge is -2.17. The summed E-state index contributed by atoms with van der Waals surface area (Å²) in [5.74, 6) is -1.39. The lowest BCUT2D eigenvalue weighted by atomic mass is 9.78. The van der Waals surface area contributed by atoms with E-state index < -0.39 is 24.4 Å². The van der Waals surface area contributed by atoms with Crippen LogP contribution in [0, 0.1) is 11.6 Å². The van der Waals surface area contributed by atoms with Crippen LogP contribution >= 0.6 is 0 Å². The summed E-state index contributed by atoms with van der Waals surface area (Å²) in [4.78, 5) is 0. The van der Waals surface area contributed by atoms with Crippen molar-refractivity contribution in [3.05, 3.63) is 23.8 Å². The Hall–Kier alpha value is -1.18. The topological polar surface area (TPSA) is 36.9 Å². The van der Waals surface area contributed by atoms with Crippen LogP contribution in [-0.4, -0.2) is 39.6 Å². The summed E-state index contributed by atoms with van der Waals surface area (Å²) in [6, 6.07) is 1.91. The minimum atomic E-state index is -0.900. The number of ether oxygens (including phenoxy) is 2. The molecule has 20 heavy (non-hydrogen) atoms. The molecule has 7 heteroatoms. The van der Waals surface area contributed by atoms with E-state index in [-0.39, 0.29) is 17.8 Å². The van der Waals surface area contributed by atoms with E-state index in [0.29, 0.717) is 13.2 Å². The zero-order chi connectivity index (χ0) is 14.8. The van der Waals surface area contributed by atoms with Crippen LogP contribution in [-0.2, 0) is 14.0 Å². The van der Waals surface area contributed by atoms with Gasteiger partial charge in [0.05, 0.1) is 24.3 Å². The lowest BCUT2D eigenvalue weighted by Crippen LogP contribution is -2.38. The molecule has 0 radical (unpaired) electrons. The molecule has 0 spiro atoms. The van der Waals surface area contributed by atoms with Gasteiger partial charge in [-0.15, -0.1) is 0 Å². The monoisotopic (exact) mass is 286 g/mol. The summed E-state index contributed by atoms with van der Waals surface area (Å²) in [6.07, 6.45) is 0. The van der Waals surface area contributed by atoms with Crippen molar-refractivity contribution in [1.29, 1.82) is 0 Å². The smallest absolute Gasteiger partial charge is 0.491 e. The second-order valence-electron chi connectivity index (χ2n) is 5.16. The summed E-state index contributed by atoms with van der Waals surface area (Å²) >= 11 is 0. The van der Waals surface area contributed by atoms with Gasteiger partial charge in [0.1, 0.15) is 24.0 Å². The molecule has 0 bridgehead atoms. The standard InChI is InChI=1S/C13H17BF2O4/c1-13(2)8-19-14(20-13)12-10(16)6-9(15)7-11(12)18-5-4-17-3/h6-7H,4-5,8H2,1-3H3. The van der Waals surface area contributed by atoms with Crippen molar-refractivity contribution in [2.24, 2.45) is 0 Å². The van der Waals surface area contributed by atoms with E-state index in [9.17, 15) is 8.78 Å². The average Bonchev–Trinajstić information content (AvgIpc) is 2.69. The molecular formula is C13H17BF2O4. The van der Waals surface area contributed by atoms with Crippen LogP contribution in [0.15, 0.2) is 12.1 Å². The first-order chi connectivity index (χ1) is 9.43. The van der Waals surface area contributed by atoms with Gasteiger partial charge < -0.3 is 18.8 Å². The van der Waals surface area contributed by atoms with Gasteiger partial charge in [-0.25, -0.2) is 8.78 Å². The summed E-state index contributed by atoms with van der Waals surface area (Å²) < 4.78 is 48.6. The van der Waals surface area contributed by atoms with Gasteiger partial charge in [-0.05, 0) is 13.8 Å². The van der Waals surface area contributed by atoms with Gasteiger partial charge in [-0.2, -0.15) is 0 Å². The molecule has 1 aromatic carbocycles. The highest BCUT2D eigenvalue weighted by Crippen LogP contribution is 2.23. The van der Waals surface area contributed by atoms with Crippen molar-refractivity contribution >= 4 is 12.6 Å². The number of rotatable bonds is 5. The Morgan fingerprint density at radius 3 is 2.65 bits per heavy atom. The molecule has 0 atom stereocenters. The molecular weight excluding hydrogens is 269 g/mol. The van der Waals surface area contributed by atoms with E-state index in [1.165, 1.54) is 7.11 Å². The van der Waals surface area contributed by atoms with E-state index in [4.69, 9.17) is 18.8 Å². The Kier molecular flexibility index (Phi) is 4.62. The summed E-state index contributed by atoms with van der Waals surface area (Å²) in [5.41, 5.74) is -0.442. The van der Waals surface area contributed by atoms with Gasteiger partial charge in [-0.1, -0.05) is 0 Å². The summed E-state index contributed by atoms with van der Waals surface area (Å²) in [5, 5.41) is 0. The Morgan fingerprint density at radius 2 is 2.05 bits per heavy atom. The molecule has 4 nitrogen and oxygen atoms in total.